The van der Waals surface area contributed by atoms with Gasteiger partial charge in [0.05, 0.1) is 20.2 Å². The summed E-state index contributed by atoms with van der Waals surface area (Å²) in [5, 5.41) is 2.48. The minimum atomic E-state index is -0.376. The van der Waals surface area contributed by atoms with Crippen LogP contribution in [0.1, 0.15) is 5.56 Å². The highest BCUT2D eigenvalue weighted by atomic mass is 35.5. The first-order valence-corrected chi connectivity index (χ1v) is 7.82. The van der Waals surface area contributed by atoms with Crippen LogP contribution in [0.3, 0.4) is 0 Å². The Labute approximate surface area is 164 Å². The van der Waals surface area contributed by atoms with Crippen molar-refractivity contribution in [3.05, 3.63) is 29.6 Å². The summed E-state index contributed by atoms with van der Waals surface area (Å²) in [5.74, 6) is -0.608. The second-order valence-electron chi connectivity index (χ2n) is 5.61. The Morgan fingerprint density at radius 2 is 1.88 bits per heavy atom. The van der Waals surface area contributed by atoms with E-state index in [1.807, 2.05) is 6.07 Å². The highest BCUT2D eigenvalue weighted by Gasteiger charge is 2.21. The maximum atomic E-state index is 13.7. The van der Waals surface area contributed by atoms with Crippen LogP contribution in [0.5, 0.6) is 5.75 Å². The van der Waals surface area contributed by atoms with Crippen molar-refractivity contribution in [2.45, 2.75) is 6.54 Å². The SMILES string of the molecule is COc1ccc(CN2CCN(C(=O)CNC(=O)CN)CC2)cc1F.Cl.Cl. The third kappa shape index (κ3) is 6.95. The molecule has 0 unspecified atom stereocenters. The van der Waals surface area contributed by atoms with Gasteiger partial charge in [0.2, 0.25) is 11.8 Å². The summed E-state index contributed by atoms with van der Waals surface area (Å²) in [5.41, 5.74) is 6.04. The maximum absolute atomic E-state index is 13.7. The van der Waals surface area contributed by atoms with Crippen LogP contribution in [-0.2, 0) is 16.1 Å². The molecule has 2 rings (SSSR count). The Kier molecular flexibility index (Phi) is 11.2. The lowest BCUT2D eigenvalue weighted by atomic mass is 10.2. The van der Waals surface area contributed by atoms with E-state index < -0.39 is 0 Å². The number of halogens is 3. The molecule has 1 aliphatic heterocycles. The number of benzene rings is 1. The summed E-state index contributed by atoms with van der Waals surface area (Å²) >= 11 is 0. The van der Waals surface area contributed by atoms with Crippen LogP contribution in [0.25, 0.3) is 0 Å². The topological polar surface area (TPSA) is 87.9 Å². The quantitative estimate of drug-likeness (QED) is 0.708. The number of rotatable bonds is 6. The molecule has 1 saturated heterocycles. The molecule has 0 radical (unpaired) electrons. The minimum Gasteiger partial charge on any atom is -0.494 e. The molecule has 0 aromatic heterocycles. The summed E-state index contributed by atoms with van der Waals surface area (Å²) < 4.78 is 18.6. The predicted octanol–water partition coefficient (Wildman–Crippen LogP) is 0.397. The molecule has 1 heterocycles. The van der Waals surface area contributed by atoms with Gasteiger partial charge >= 0.3 is 0 Å². The number of nitrogens with zero attached hydrogens (tertiary/aromatic N) is 2. The number of carbonyl (C=O) groups excluding carboxylic acids is 2. The van der Waals surface area contributed by atoms with Crippen LogP contribution < -0.4 is 15.8 Å². The first-order valence-electron chi connectivity index (χ1n) is 7.82. The van der Waals surface area contributed by atoms with Gasteiger partial charge in [-0.25, -0.2) is 4.39 Å². The Hall–Kier alpha value is -1.61. The first kappa shape index (κ1) is 24.4. The average molecular weight is 411 g/mol. The molecule has 2 amide bonds. The average Bonchev–Trinajstić information content (AvgIpc) is 2.60. The fourth-order valence-corrected chi connectivity index (χ4v) is 2.58. The zero-order chi connectivity index (χ0) is 17.5. The highest BCUT2D eigenvalue weighted by molar-refractivity contribution is 5.86. The largest absolute Gasteiger partial charge is 0.494 e. The molecule has 148 valence electrons. The molecule has 10 heteroatoms. The van der Waals surface area contributed by atoms with E-state index in [0.717, 1.165) is 5.56 Å². The van der Waals surface area contributed by atoms with Crippen LogP contribution in [-0.4, -0.2) is 68.0 Å². The van der Waals surface area contributed by atoms with E-state index >= 15 is 0 Å². The Bertz CT molecular complexity index is 599. The number of hydrogen-bond acceptors (Lipinski definition) is 5. The van der Waals surface area contributed by atoms with E-state index in [2.05, 4.69) is 10.2 Å². The lowest BCUT2D eigenvalue weighted by molar-refractivity contribution is -0.134. The normalized spacial score (nSPS) is 14.0. The molecular formula is C16H25Cl2FN4O3. The fourth-order valence-electron chi connectivity index (χ4n) is 2.58. The summed E-state index contributed by atoms with van der Waals surface area (Å²) in [6.07, 6.45) is 0. The van der Waals surface area contributed by atoms with Gasteiger partial charge in [-0.1, -0.05) is 6.07 Å². The van der Waals surface area contributed by atoms with Crippen molar-refractivity contribution in [3.63, 3.8) is 0 Å². The Morgan fingerprint density at radius 3 is 2.42 bits per heavy atom. The van der Waals surface area contributed by atoms with Gasteiger partial charge in [-0.3, -0.25) is 14.5 Å². The third-order valence-electron chi connectivity index (χ3n) is 3.97. The maximum Gasteiger partial charge on any atom is 0.242 e. The van der Waals surface area contributed by atoms with Crippen molar-refractivity contribution in [3.8, 4) is 5.75 Å². The summed E-state index contributed by atoms with van der Waals surface area (Å²) in [6.45, 7) is 3.02. The lowest BCUT2D eigenvalue weighted by Crippen LogP contribution is -2.51. The van der Waals surface area contributed by atoms with E-state index in [9.17, 15) is 14.0 Å². The van der Waals surface area contributed by atoms with E-state index in [4.69, 9.17) is 10.5 Å². The van der Waals surface area contributed by atoms with Crippen molar-refractivity contribution in [2.75, 3.05) is 46.4 Å². The standard InChI is InChI=1S/C16H23FN4O3.2ClH/c1-24-14-3-2-12(8-13(14)17)11-20-4-6-21(7-5-20)16(23)10-19-15(22)9-18;;/h2-3,8H,4-7,9-11,18H2,1H3,(H,19,22);2*1H. The number of methoxy groups -OCH3 is 1. The van der Waals surface area contributed by atoms with E-state index in [-0.39, 0.29) is 61.3 Å². The molecule has 0 spiro atoms. The molecular weight excluding hydrogens is 386 g/mol. The monoisotopic (exact) mass is 410 g/mol. The predicted molar refractivity (Wildman–Crippen MR) is 101 cm³/mol. The molecule has 1 fully saturated rings. The van der Waals surface area contributed by atoms with Gasteiger partial charge in [0.1, 0.15) is 0 Å². The van der Waals surface area contributed by atoms with Gasteiger partial charge in [0.25, 0.3) is 0 Å². The molecule has 26 heavy (non-hydrogen) atoms. The van der Waals surface area contributed by atoms with Crippen molar-refractivity contribution in [2.24, 2.45) is 5.73 Å². The number of carbonyl (C=O) groups is 2. The van der Waals surface area contributed by atoms with Gasteiger partial charge < -0.3 is 20.7 Å². The van der Waals surface area contributed by atoms with Gasteiger partial charge in [0.15, 0.2) is 11.6 Å². The zero-order valence-electron chi connectivity index (χ0n) is 14.6. The molecule has 0 saturated carbocycles. The number of piperazine rings is 1. The zero-order valence-corrected chi connectivity index (χ0v) is 16.2. The molecule has 1 aromatic rings. The van der Waals surface area contributed by atoms with Crippen molar-refractivity contribution >= 4 is 36.6 Å². The molecule has 1 aromatic carbocycles. The molecule has 0 atom stereocenters. The number of ether oxygens (including phenoxy) is 1. The second kappa shape index (κ2) is 11.9. The Balaban J connectivity index is 0.00000312. The number of hydrogen-bond donors (Lipinski definition) is 2. The number of amides is 2. The van der Waals surface area contributed by atoms with Crippen molar-refractivity contribution < 1.29 is 18.7 Å². The van der Waals surface area contributed by atoms with Crippen LogP contribution in [0.15, 0.2) is 18.2 Å². The van der Waals surface area contributed by atoms with Gasteiger partial charge in [-0.05, 0) is 17.7 Å². The van der Waals surface area contributed by atoms with Gasteiger partial charge in [-0.2, -0.15) is 0 Å². The highest BCUT2D eigenvalue weighted by Crippen LogP contribution is 2.19. The summed E-state index contributed by atoms with van der Waals surface area (Å²) in [7, 11) is 1.43. The third-order valence-corrected chi connectivity index (χ3v) is 3.97. The van der Waals surface area contributed by atoms with Crippen LogP contribution in [0.2, 0.25) is 0 Å². The van der Waals surface area contributed by atoms with E-state index in [1.165, 1.54) is 13.2 Å². The molecule has 3 N–H and O–H groups in total. The van der Waals surface area contributed by atoms with E-state index in [0.29, 0.717) is 32.7 Å². The summed E-state index contributed by atoms with van der Waals surface area (Å²) in [6, 6.07) is 4.92. The van der Waals surface area contributed by atoms with Gasteiger partial charge in [0, 0.05) is 32.7 Å². The van der Waals surface area contributed by atoms with Crippen LogP contribution >= 0.6 is 24.8 Å². The van der Waals surface area contributed by atoms with Crippen molar-refractivity contribution in [1.29, 1.82) is 0 Å². The number of nitrogens with one attached hydrogen (secondary N) is 1. The summed E-state index contributed by atoms with van der Waals surface area (Å²) in [4.78, 5) is 26.9. The van der Waals surface area contributed by atoms with Gasteiger partial charge in [-0.15, -0.1) is 24.8 Å². The second-order valence-corrected chi connectivity index (χ2v) is 5.61. The molecule has 7 nitrogen and oxygen atoms in total. The van der Waals surface area contributed by atoms with Crippen molar-refractivity contribution in [1.82, 2.24) is 15.1 Å². The van der Waals surface area contributed by atoms with E-state index in [1.54, 1.807) is 11.0 Å². The first-order chi connectivity index (χ1) is 11.5. The lowest BCUT2D eigenvalue weighted by Gasteiger charge is -2.34. The van der Waals surface area contributed by atoms with Crippen LogP contribution in [0.4, 0.5) is 4.39 Å². The smallest absolute Gasteiger partial charge is 0.242 e. The molecule has 0 bridgehead atoms. The Morgan fingerprint density at radius 1 is 1.23 bits per heavy atom. The molecule has 1 aliphatic rings. The number of nitrogens with two attached hydrogens (primary N) is 1. The fraction of sp³-hybridized carbons (Fsp3) is 0.500. The molecule has 0 aliphatic carbocycles. The minimum absolute atomic E-state index is 0. The van der Waals surface area contributed by atoms with Crippen LogP contribution in [0, 0.1) is 5.82 Å².